The molecule has 0 atom stereocenters. The molecule has 41 heavy (non-hydrogen) atoms. The zero-order valence-electron chi connectivity index (χ0n) is 25.0. The number of aryl methyl sites for hydroxylation is 2. The maximum atomic E-state index is 13.8. The lowest BCUT2D eigenvalue weighted by atomic mass is 10.1. The first-order valence-electron chi connectivity index (χ1n) is 13.0. The van der Waals surface area contributed by atoms with Gasteiger partial charge in [0.25, 0.3) is 5.52 Å². The largest absolute Gasteiger partial charge is 0.618 e. The van der Waals surface area contributed by atoms with Crippen molar-refractivity contribution in [2.45, 2.75) is 73.5 Å². The Morgan fingerprint density at radius 3 is 2.15 bits per heavy atom. The van der Waals surface area contributed by atoms with Gasteiger partial charge in [0.1, 0.15) is 39.9 Å². The summed E-state index contributed by atoms with van der Waals surface area (Å²) in [5.74, 6) is 0.826. The quantitative estimate of drug-likeness (QED) is 0.204. The number of imide groups is 1. The van der Waals surface area contributed by atoms with E-state index in [1.165, 1.54) is 13.3 Å². The van der Waals surface area contributed by atoms with Crippen LogP contribution in [0.3, 0.4) is 0 Å². The Morgan fingerprint density at radius 1 is 1.05 bits per heavy atom. The molecule has 3 aromatic heterocycles. The van der Waals surface area contributed by atoms with Crippen LogP contribution in [0.4, 0.5) is 15.4 Å². The van der Waals surface area contributed by atoms with Crippen molar-refractivity contribution < 1.29 is 32.9 Å². The number of nitriles is 1. The SMILES string of the molecule is COc1ccc(C)c(-n2c(N(C(=O)OC(C)(C)C)C(=O)OC(C)(C)C)c(C#N)c3c[n+]([O-])c4cc(C)oc4c32)c1C. The van der Waals surface area contributed by atoms with Gasteiger partial charge in [-0.25, -0.2) is 9.59 Å². The average molecular weight is 563 g/mol. The first-order chi connectivity index (χ1) is 19.0. The third-order valence-electron chi connectivity index (χ3n) is 6.22. The summed E-state index contributed by atoms with van der Waals surface area (Å²) in [6.45, 7) is 15.3. The molecule has 0 unspecified atom stereocenters. The number of aromatic nitrogens is 2. The number of furan rings is 1. The fourth-order valence-corrected chi connectivity index (χ4v) is 4.73. The van der Waals surface area contributed by atoms with Crippen molar-refractivity contribution in [1.29, 1.82) is 5.26 Å². The summed E-state index contributed by atoms with van der Waals surface area (Å²) in [5, 5.41) is 23.8. The molecule has 4 rings (SSSR count). The maximum Gasteiger partial charge on any atom is 0.425 e. The van der Waals surface area contributed by atoms with Crippen molar-refractivity contribution in [2.75, 3.05) is 12.0 Å². The highest BCUT2D eigenvalue weighted by Crippen LogP contribution is 2.42. The summed E-state index contributed by atoms with van der Waals surface area (Å²) in [6.07, 6.45) is -0.891. The molecule has 2 amide bonds. The van der Waals surface area contributed by atoms with Crippen LogP contribution in [0.15, 0.2) is 28.8 Å². The van der Waals surface area contributed by atoms with Gasteiger partial charge in [0.15, 0.2) is 12.0 Å². The molecule has 0 saturated carbocycles. The highest BCUT2D eigenvalue weighted by molar-refractivity contribution is 6.15. The molecule has 11 heteroatoms. The van der Waals surface area contributed by atoms with E-state index in [1.807, 2.05) is 19.9 Å². The smallest absolute Gasteiger partial charge is 0.425 e. The zero-order chi connectivity index (χ0) is 30.6. The second-order valence-electron chi connectivity index (χ2n) is 11.8. The van der Waals surface area contributed by atoms with E-state index in [0.717, 1.165) is 5.56 Å². The lowest BCUT2D eigenvalue weighted by molar-refractivity contribution is -0.575. The van der Waals surface area contributed by atoms with Gasteiger partial charge in [-0.15, -0.1) is 0 Å². The zero-order valence-corrected chi connectivity index (χ0v) is 25.0. The van der Waals surface area contributed by atoms with E-state index in [2.05, 4.69) is 6.07 Å². The predicted molar refractivity (Wildman–Crippen MR) is 152 cm³/mol. The Balaban J connectivity index is 2.28. The van der Waals surface area contributed by atoms with E-state index < -0.39 is 23.4 Å². The molecule has 0 bridgehead atoms. The molecule has 216 valence electrons. The van der Waals surface area contributed by atoms with Gasteiger partial charge >= 0.3 is 12.2 Å². The van der Waals surface area contributed by atoms with Crippen LogP contribution in [0.1, 0.15) is 64.0 Å². The normalized spacial score (nSPS) is 11.9. The van der Waals surface area contributed by atoms with Gasteiger partial charge in [0.05, 0.1) is 24.2 Å². The number of methoxy groups -OCH3 is 1. The van der Waals surface area contributed by atoms with E-state index in [1.54, 1.807) is 65.2 Å². The van der Waals surface area contributed by atoms with Crippen LogP contribution >= 0.6 is 0 Å². The van der Waals surface area contributed by atoms with Gasteiger partial charge < -0.3 is 23.8 Å². The van der Waals surface area contributed by atoms with Crippen LogP contribution in [0.25, 0.3) is 27.7 Å². The Labute approximate surface area is 238 Å². The summed E-state index contributed by atoms with van der Waals surface area (Å²) in [4.78, 5) is 28.3. The second kappa shape index (κ2) is 10.0. The molecule has 0 fully saturated rings. The number of carbonyl (C=O) groups excluding carboxylic acids is 2. The van der Waals surface area contributed by atoms with Crippen LogP contribution in [-0.4, -0.2) is 35.1 Å². The molecule has 3 heterocycles. The topological polar surface area (TPSA) is 134 Å². The minimum atomic E-state index is -1.06. The summed E-state index contributed by atoms with van der Waals surface area (Å²) >= 11 is 0. The average Bonchev–Trinajstić information content (AvgIpc) is 3.35. The Bertz CT molecular complexity index is 1720. The van der Waals surface area contributed by atoms with Crippen molar-refractivity contribution in [3.8, 4) is 17.5 Å². The Kier molecular flexibility index (Phi) is 7.16. The van der Waals surface area contributed by atoms with Crippen LogP contribution in [-0.2, 0) is 9.47 Å². The van der Waals surface area contributed by atoms with Crippen LogP contribution in [0.5, 0.6) is 5.75 Å². The number of carbonyl (C=O) groups is 2. The summed E-state index contributed by atoms with van der Waals surface area (Å²) in [5.41, 5.74) is 0.479. The van der Waals surface area contributed by atoms with Crippen molar-refractivity contribution in [3.05, 3.63) is 52.1 Å². The third-order valence-corrected chi connectivity index (χ3v) is 6.22. The van der Waals surface area contributed by atoms with Crippen LogP contribution in [0.2, 0.25) is 0 Å². The fraction of sp³-hybridized carbons (Fsp3) is 0.400. The molecule has 0 spiro atoms. The lowest BCUT2D eigenvalue weighted by Crippen LogP contribution is -2.45. The van der Waals surface area contributed by atoms with Gasteiger partial charge in [-0.1, -0.05) is 6.07 Å². The number of pyridine rings is 1. The molecule has 0 aliphatic carbocycles. The van der Waals surface area contributed by atoms with Gasteiger partial charge in [-0.2, -0.15) is 14.9 Å². The number of hydrogen-bond acceptors (Lipinski definition) is 8. The molecule has 4 aromatic rings. The number of anilines is 1. The number of ether oxygens (including phenoxy) is 3. The number of nitrogens with zero attached hydrogens (tertiary/aromatic N) is 4. The van der Waals surface area contributed by atoms with Crippen molar-refractivity contribution >= 4 is 40.0 Å². The lowest BCUT2D eigenvalue weighted by Gasteiger charge is -2.30. The monoisotopic (exact) mass is 562 g/mol. The van der Waals surface area contributed by atoms with Gasteiger partial charge in [-0.3, -0.25) is 4.57 Å². The van der Waals surface area contributed by atoms with Crippen LogP contribution < -0.4 is 14.4 Å². The summed E-state index contributed by atoms with van der Waals surface area (Å²) in [7, 11) is 1.53. The third kappa shape index (κ3) is 5.25. The van der Waals surface area contributed by atoms with E-state index >= 15 is 0 Å². The molecule has 0 aliphatic rings. The molecular formula is C30H34N4O7. The first-order valence-corrected chi connectivity index (χ1v) is 13.0. The fourth-order valence-electron chi connectivity index (χ4n) is 4.73. The summed E-state index contributed by atoms with van der Waals surface area (Å²) in [6, 6.07) is 7.30. The highest BCUT2D eigenvalue weighted by Gasteiger charge is 2.40. The number of rotatable bonds is 3. The molecule has 0 N–H and O–H groups in total. The van der Waals surface area contributed by atoms with Gasteiger partial charge in [0.2, 0.25) is 5.58 Å². The minimum absolute atomic E-state index is 0.126. The van der Waals surface area contributed by atoms with E-state index in [0.29, 0.717) is 37.9 Å². The second-order valence-corrected chi connectivity index (χ2v) is 11.8. The standard InChI is InChI=1S/C30H34N4O7/c1-16-11-12-22(38-10)18(3)23(16)33-24-20(15-32(37)21-13-17(2)39-25(21)24)19(14-31)26(33)34(27(35)40-29(4,5)6)28(36)41-30(7,8)9/h11-13,15H,1-10H3. The number of amides is 2. The Morgan fingerprint density at radius 2 is 1.63 bits per heavy atom. The maximum absolute atomic E-state index is 13.8. The molecule has 0 saturated heterocycles. The molecule has 11 nitrogen and oxygen atoms in total. The van der Waals surface area contributed by atoms with E-state index in [-0.39, 0.29) is 27.9 Å². The van der Waals surface area contributed by atoms with Crippen molar-refractivity contribution in [2.24, 2.45) is 0 Å². The first kappa shape index (κ1) is 29.3. The van der Waals surface area contributed by atoms with E-state index in [9.17, 15) is 20.1 Å². The number of hydrogen-bond donors (Lipinski definition) is 0. The molecule has 1 aromatic carbocycles. The predicted octanol–water partition coefficient (Wildman–Crippen LogP) is 6.49. The minimum Gasteiger partial charge on any atom is -0.618 e. The molecule has 0 aliphatic heterocycles. The Hall–Kier alpha value is -4.72. The van der Waals surface area contributed by atoms with Crippen molar-refractivity contribution in [3.63, 3.8) is 0 Å². The van der Waals surface area contributed by atoms with E-state index in [4.69, 9.17) is 18.6 Å². The van der Waals surface area contributed by atoms with Crippen molar-refractivity contribution in [1.82, 2.24) is 4.57 Å². The molecular weight excluding hydrogens is 528 g/mol. The number of benzene rings is 1. The van der Waals surface area contributed by atoms with Crippen LogP contribution in [0, 0.1) is 37.3 Å². The highest BCUT2D eigenvalue weighted by atomic mass is 16.6. The number of fused-ring (bicyclic) bond motifs is 3. The summed E-state index contributed by atoms with van der Waals surface area (Å²) < 4.78 is 25.1. The van der Waals surface area contributed by atoms with Gasteiger partial charge in [-0.05, 0) is 73.9 Å². The molecule has 0 radical (unpaired) electrons. The van der Waals surface area contributed by atoms with Gasteiger partial charge in [0, 0.05) is 5.56 Å².